The zero-order valence-corrected chi connectivity index (χ0v) is 18.4. The summed E-state index contributed by atoms with van der Waals surface area (Å²) in [6.07, 6.45) is 3.72. The van der Waals surface area contributed by atoms with Crippen LogP contribution >= 0.6 is 0 Å². The highest BCUT2D eigenvalue weighted by atomic mass is 19.1. The molecule has 0 bridgehead atoms. The van der Waals surface area contributed by atoms with Gasteiger partial charge in [-0.1, -0.05) is 0 Å². The largest absolute Gasteiger partial charge is 0.491 e. The van der Waals surface area contributed by atoms with Crippen LogP contribution in [0.25, 0.3) is 0 Å². The Balaban J connectivity index is 1.54. The van der Waals surface area contributed by atoms with E-state index in [1.165, 1.54) is 6.92 Å². The van der Waals surface area contributed by atoms with E-state index in [-0.39, 0.29) is 17.4 Å². The molecule has 1 aromatic heterocycles. The first-order valence-corrected chi connectivity index (χ1v) is 10.8. The number of amides is 1. The standard InChI is InChI=1S/C23H31FN4O3/c1-4-30-20-12-17(13-21(23(20)24)31-5-2)15-28-10-8-18(9-11-28)27-19-6-7-22(25-14-19)26-16(3)29/h6-7,12-14,18,27H,4-5,8-11,15H2,1-3H3,(H,25,26,29). The van der Waals surface area contributed by atoms with E-state index in [4.69, 9.17) is 9.47 Å². The van der Waals surface area contributed by atoms with Crippen molar-refractivity contribution in [2.45, 2.75) is 46.2 Å². The minimum absolute atomic E-state index is 0.136. The maximum absolute atomic E-state index is 14.5. The predicted molar refractivity (Wildman–Crippen MR) is 119 cm³/mol. The third-order valence-electron chi connectivity index (χ3n) is 5.10. The molecule has 2 heterocycles. The molecule has 7 nitrogen and oxygen atoms in total. The average Bonchev–Trinajstić information content (AvgIpc) is 2.74. The first-order chi connectivity index (χ1) is 15.0. The molecule has 8 heteroatoms. The number of anilines is 2. The van der Waals surface area contributed by atoms with Gasteiger partial charge in [0.2, 0.25) is 11.7 Å². The quantitative estimate of drug-likeness (QED) is 0.625. The smallest absolute Gasteiger partial charge is 0.222 e. The number of carbonyl (C=O) groups is 1. The maximum Gasteiger partial charge on any atom is 0.222 e. The van der Waals surface area contributed by atoms with Crippen molar-refractivity contribution in [3.8, 4) is 11.5 Å². The van der Waals surface area contributed by atoms with Gasteiger partial charge in [-0.15, -0.1) is 0 Å². The molecule has 1 fully saturated rings. The van der Waals surface area contributed by atoms with E-state index in [0.717, 1.165) is 43.7 Å². The van der Waals surface area contributed by atoms with Crippen molar-refractivity contribution < 1.29 is 18.7 Å². The van der Waals surface area contributed by atoms with Crippen LogP contribution in [0.15, 0.2) is 30.5 Å². The number of rotatable bonds is 9. The lowest BCUT2D eigenvalue weighted by atomic mass is 10.0. The van der Waals surface area contributed by atoms with Crippen molar-refractivity contribution in [2.75, 3.05) is 36.9 Å². The number of nitrogens with one attached hydrogen (secondary N) is 2. The van der Waals surface area contributed by atoms with E-state index >= 15 is 0 Å². The van der Waals surface area contributed by atoms with Gasteiger partial charge in [0.15, 0.2) is 11.5 Å². The topological polar surface area (TPSA) is 75.7 Å². The van der Waals surface area contributed by atoms with Gasteiger partial charge in [0, 0.05) is 32.6 Å². The monoisotopic (exact) mass is 430 g/mol. The van der Waals surface area contributed by atoms with Crippen LogP contribution in [0, 0.1) is 5.82 Å². The lowest BCUT2D eigenvalue weighted by molar-refractivity contribution is -0.114. The fourth-order valence-corrected chi connectivity index (χ4v) is 3.70. The van der Waals surface area contributed by atoms with E-state index in [1.807, 2.05) is 19.9 Å². The molecule has 31 heavy (non-hydrogen) atoms. The van der Waals surface area contributed by atoms with Crippen LogP contribution in [-0.4, -0.2) is 48.1 Å². The van der Waals surface area contributed by atoms with Gasteiger partial charge in [-0.2, -0.15) is 4.39 Å². The van der Waals surface area contributed by atoms with E-state index in [1.54, 1.807) is 24.4 Å². The number of benzene rings is 1. The van der Waals surface area contributed by atoms with Crippen LogP contribution in [0.3, 0.4) is 0 Å². The van der Waals surface area contributed by atoms with Crippen molar-refractivity contribution in [2.24, 2.45) is 0 Å². The van der Waals surface area contributed by atoms with Crippen LogP contribution in [0.2, 0.25) is 0 Å². The van der Waals surface area contributed by atoms with Gasteiger partial charge in [-0.3, -0.25) is 9.69 Å². The van der Waals surface area contributed by atoms with Crippen molar-refractivity contribution in [1.82, 2.24) is 9.88 Å². The minimum atomic E-state index is -0.437. The van der Waals surface area contributed by atoms with Crippen molar-refractivity contribution in [1.29, 1.82) is 0 Å². The van der Waals surface area contributed by atoms with Gasteiger partial charge in [-0.05, 0) is 56.5 Å². The minimum Gasteiger partial charge on any atom is -0.491 e. The SMILES string of the molecule is CCOc1cc(CN2CCC(Nc3ccc(NC(C)=O)nc3)CC2)cc(OCC)c1F. The van der Waals surface area contributed by atoms with Crippen LogP contribution in [-0.2, 0) is 11.3 Å². The highest BCUT2D eigenvalue weighted by molar-refractivity contribution is 5.87. The molecular weight excluding hydrogens is 399 g/mol. The molecule has 0 spiro atoms. The van der Waals surface area contributed by atoms with Gasteiger partial charge < -0.3 is 20.1 Å². The summed E-state index contributed by atoms with van der Waals surface area (Å²) in [5.74, 6) is 0.465. The van der Waals surface area contributed by atoms with Gasteiger partial charge in [0.1, 0.15) is 5.82 Å². The third-order valence-corrected chi connectivity index (χ3v) is 5.10. The molecule has 1 saturated heterocycles. The summed E-state index contributed by atoms with van der Waals surface area (Å²) in [4.78, 5) is 17.7. The fraction of sp³-hybridized carbons (Fsp3) is 0.478. The number of ether oxygens (including phenoxy) is 2. The summed E-state index contributed by atoms with van der Waals surface area (Å²) in [5.41, 5.74) is 1.92. The summed E-state index contributed by atoms with van der Waals surface area (Å²) in [7, 11) is 0. The van der Waals surface area contributed by atoms with E-state index < -0.39 is 5.82 Å². The first-order valence-electron chi connectivity index (χ1n) is 10.8. The Hall–Kier alpha value is -2.87. The highest BCUT2D eigenvalue weighted by Crippen LogP contribution is 2.30. The molecule has 0 radical (unpaired) electrons. The molecule has 1 aliphatic heterocycles. The number of aromatic nitrogens is 1. The lowest BCUT2D eigenvalue weighted by Crippen LogP contribution is -2.38. The van der Waals surface area contributed by atoms with Crippen LogP contribution in [0.1, 0.15) is 39.2 Å². The Morgan fingerprint density at radius 3 is 2.32 bits per heavy atom. The molecule has 2 aromatic rings. The number of piperidine rings is 1. The Morgan fingerprint density at radius 1 is 1.16 bits per heavy atom. The number of nitrogens with zero attached hydrogens (tertiary/aromatic N) is 2. The number of hydrogen-bond donors (Lipinski definition) is 2. The van der Waals surface area contributed by atoms with E-state index in [9.17, 15) is 9.18 Å². The van der Waals surface area contributed by atoms with Gasteiger partial charge >= 0.3 is 0 Å². The number of carbonyl (C=O) groups excluding carboxylic acids is 1. The number of likely N-dealkylation sites (tertiary alicyclic amines) is 1. The van der Waals surface area contributed by atoms with Crippen LogP contribution in [0.5, 0.6) is 11.5 Å². The predicted octanol–water partition coefficient (Wildman–Crippen LogP) is 4.05. The number of hydrogen-bond acceptors (Lipinski definition) is 6. The summed E-state index contributed by atoms with van der Waals surface area (Å²) in [6, 6.07) is 7.62. The maximum atomic E-state index is 14.5. The van der Waals surface area contributed by atoms with Crippen LogP contribution in [0.4, 0.5) is 15.9 Å². The van der Waals surface area contributed by atoms with Gasteiger partial charge in [-0.25, -0.2) is 4.98 Å². The first kappa shape index (κ1) is 22.8. The summed E-state index contributed by atoms with van der Waals surface area (Å²) in [6.45, 7) is 8.54. The molecular formula is C23H31FN4O3. The molecule has 0 atom stereocenters. The normalized spacial score (nSPS) is 14.8. The zero-order valence-electron chi connectivity index (χ0n) is 18.4. The van der Waals surface area contributed by atoms with Gasteiger partial charge in [0.05, 0.1) is 25.1 Å². The number of halogens is 1. The molecule has 1 amide bonds. The van der Waals surface area contributed by atoms with Crippen molar-refractivity contribution in [3.63, 3.8) is 0 Å². The van der Waals surface area contributed by atoms with Gasteiger partial charge in [0.25, 0.3) is 0 Å². The van der Waals surface area contributed by atoms with Crippen molar-refractivity contribution in [3.05, 3.63) is 41.8 Å². The second-order valence-electron chi connectivity index (χ2n) is 7.58. The van der Waals surface area contributed by atoms with E-state index in [2.05, 4.69) is 20.5 Å². The van der Waals surface area contributed by atoms with E-state index in [0.29, 0.717) is 25.1 Å². The molecule has 2 N–H and O–H groups in total. The zero-order chi connectivity index (χ0) is 22.2. The molecule has 1 aromatic carbocycles. The molecule has 3 rings (SSSR count). The highest BCUT2D eigenvalue weighted by Gasteiger charge is 2.21. The summed E-state index contributed by atoms with van der Waals surface area (Å²) in [5, 5.41) is 6.18. The Bertz CT molecular complexity index is 841. The average molecular weight is 431 g/mol. The Kier molecular flexibility index (Phi) is 8.06. The molecule has 0 unspecified atom stereocenters. The molecule has 0 aliphatic carbocycles. The molecule has 168 valence electrons. The second kappa shape index (κ2) is 10.9. The van der Waals surface area contributed by atoms with Crippen LogP contribution < -0.4 is 20.1 Å². The molecule has 0 saturated carbocycles. The molecule has 1 aliphatic rings. The Morgan fingerprint density at radius 2 is 1.81 bits per heavy atom. The second-order valence-corrected chi connectivity index (χ2v) is 7.58. The third kappa shape index (κ3) is 6.55. The fourth-order valence-electron chi connectivity index (χ4n) is 3.70. The Labute approximate surface area is 182 Å². The summed E-state index contributed by atoms with van der Waals surface area (Å²) >= 11 is 0. The summed E-state index contributed by atoms with van der Waals surface area (Å²) < 4.78 is 25.4. The van der Waals surface area contributed by atoms with Crippen molar-refractivity contribution >= 4 is 17.4 Å². The lowest BCUT2D eigenvalue weighted by Gasteiger charge is -2.33. The number of pyridine rings is 1.